The molecule has 1 atom stereocenters. The van der Waals surface area contributed by atoms with Crippen LogP contribution in [0.1, 0.15) is 56.1 Å². The van der Waals surface area contributed by atoms with E-state index in [1.165, 1.54) is 17.5 Å². The van der Waals surface area contributed by atoms with Crippen LogP contribution in [0.4, 0.5) is 0 Å². The van der Waals surface area contributed by atoms with Crippen LogP contribution in [0.2, 0.25) is 0 Å². The van der Waals surface area contributed by atoms with Gasteiger partial charge in [0.1, 0.15) is 0 Å². The van der Waals surface area contributed by atoms with Gasteiger partial charge in [-0.3, -0.25) is 0 Å². The third kappa shape index (κ3) is 2.49. The van der Waals surface area contributed by atoms with Crippen molar-refractivity contribution < 1.29 is 0 Å². The molecule has 0 nitrogen and oxygen atoms in total. The van der Waals surface area contributed by atoms with Crippen LogP contribution in [0.15, 0.2) is 35.4 Å². The standard InChI is InChI=1S/C15H19Cl/c1-11(2)14-5-3-4-6-15(14)12-7-9-13(16)10-8-12/h3-6,9,11-12H,7-8,10H2,1-2H3. The molecule has 0 saturated carbocycles. The minimum absolute atomic E-state index is 0.609. The monoisotopic (exact) mass is 234 g/mol. The molecule has 0 fully saturated rings. The predicted octanol–water partition coefficient (Wildman–Crippen LogP) is 5.20. The molecule has 1 aliphatic carbocycles. The highest BCUT2D eigenvalue weighted by molar-refractivity contribution is 6.29. The van der Waals surface area contributed by atoms with E-state index in [0.29, 0.717) is 11.8 Å². The minimum atomic E-state index is 0.609. The molecule has 1 aliphatic rings. The molecule has 86 valence electrons. The molecule has 1 aromatic rings. The van der Waals surface area contributed by atoms with Gasteiger partial charge in [0.15, 0.2) is 0 Å². The number of halogens is 1. The number of benzene rings is 1. The molecule has 0 spiro atoms. The summed E-state index contributed by atoms with van der Waals surface area (Å²) >= 11 is 6.03. The van der Waals surface area contributed by atoms with Crippen LogP contribution in [0, 0.1) is 0 Å². The van der Waals surface area contributed by atoms with Crippen LogP contribution in [0.25, 0.3) is 0 Å². The lowest BCUT2D eigenvalue weighted by atomic mass is 9.82. The lowest BCUT2D eigenvalue weighted by molar-refractivity contribution is 0.601. The highest BCUT2D eigenvalue weighted by Gasteiger charge is 2.18. The Labute approximate surface area is 103 Å². The van der Waals surface area contributed by atoms with Crippen molar-refractivity contribution in [3.05, 3.63) is 46.5 Å². The van der Waals surface area contributed by atoms with Crippen molar-refractivity contribution in [2.45, 2.75) is 44.9 Å². The summed E-state index contributed by atoms with van der Waals surface area (Å²) in [5.74, 6) is 1.28. The van der Waals surface area contributed by atoms with E-state index >= 15 is 0 Å². The van der Waals surface area contributed by atoms with E-state index in [0.717, 1.165) is 17.9 Å². The molecule has 0 saturated heterocycles. The first-order chi connectivity index (χ1) is 7.68. The smallest absolute Gasteiger partial charge is 0.0141 e. The van der Waals surface area contributed by atoms with Crippen LogP contribution < -0.4 is 0 Å². The van der Waals surface area contributed by atoms with Crippen molar-refractivity contribution in [1.29, 1.82) is 0 Å². The first kappa shape index (κ1) is 11.7. The Morgan fingerprint density at radius 2 is 2.00 bits per heavy atom. The van der Waals surface area contributed by atoms with Gasteiger partial charge in [-0.15, -0.1) is 0 Å². The molecule has 1 unspecified atom stereocenters. The predicted molar refractivity (Wildman–Crippen MR) is 71.1 cm³/mol. The van der Waals surface area contributed by atoms with Crippen LogP contribution >= 0.6 is 11.6 Å². The van der Waals surface area contributed by atoms with Gasteiger partial charge in [-0.25, -0.2) is 0 Å². The molecule has 1 heteroatoms. The Hall–Kier alpha value is -0.750. The maximum absolute atomic E-state index is 6.03. The Morgan fingerprint density at radius 1 is 1.25 bits per heavy atom. The molecule has 0 amide bonds. The highest BCUT2D eigenvalue weighted by Crippen LogP contribution is 2.36. The maximum atomic E-state index is 6.03. The van der Waals surface area contributed by atoms with E-state index in [4.69, 9.17) is 11.6 Å². The summed E-state index contributed by atoms with van der Waals surface area (Å²) in [7, 11) is 0. The van der Waals surface area contributed by atoms with Gasteiger partial charge in [0.2, 0.25) is 0 Å². The van der Waals surface area contributed by atoms with E-state index < -0.39 is 0 Å². The van der Waals surface area contributed by atoms with E-state index in [2.05, 4.69) is 44.2 Å². The van der Waals surface area contributed by atoms with Crippen LogP contribution in [-0.2, 0) is 0 Å². The molecule has 2 rings (SSSR count). The maximum Gasteiger partial charge on any atom is 0.0141 e. The number of hydrogen-bond acceptors (Lipinski definition) is 0. The average molecular weight is 235 g/mol. The minimum Gasteiger partial charge on any atom is -0.0895 e. The summed E-state index contributed by atoms with van der Waals surface area (Å²) in [6.45, 7) is 4.54. The van der Waals surface area contributed by atoms with Crippen molar-refractivity contribution in [3.63, 3.8) is 0 Å². The highest BCUT2D eigenvalue weighted by atomic mass is 35.5. The van der Waals surface area contributed by atoms with Gasteiger partial charge in [0, 0.05) is 5.03 Å². The quantitative estimate of drug-likeness (QED) is 0.660. The molecule has 0 N–H and O–H groups in total. The van der Waals surface area contributed by atoms with Crippen molar-refractivity contribution in [2.24, 2.45) is 0 Å². The summed E-state index contributed by atoms with van der Waals surface area (Å²) in [6.07, 6.45) is 5.52. The second-order valence-corrected chi connectivity index (χ2v) is 5.39. The molecule has 0 bridgehead atoms. The first-order valence-corrected chi connectivity index (χ1v) is 6.49. The summed E-state index contributed by atoms with van der Waals surface area (Å²) in [4.78, 5) is 0. The number of rotatable bonds is 2. The van der Waals surface area contributed by atoms with Gasteiger partial charge < -0.3 is 0 Å². The third-order valence-electron chi connectivity index (χ3n) is 3.41. The zero-order valence-corrected chi connectivity index (χ0v) is 10.8. The molecule has 0 aromatic heterocycles. The van der Waals surface area contributed by atoms with Gasteiger partial charge in [0.25, 0.3) is 0 Å². The van der Waals surface area contributed by atoms with E-state index in [1.54, 1.807) is 0 Å². The van der Waals surface area contributed by atoms with Crippen LogP contribution in [-0.4, -0.2) is 0 Å². The molecule has 1 aromatic carbocycles. The normalized spacial score (nSPS) is 21.0. The fourth-order valence-electron chi connectivity index (χ4n) is 2.49. The SMILES string of the molecule is CC(C)c1ccccc1C1CC=C(Cl)CC1. The summed E-state index contributed by atoms with van der Waals surface area (Å²) in [5, 5.41) is 1.04. The largest absolute Gasteiger partial charge is 0.0895 e. The molecule has 0 aliphatic heterocycles. The lowest BCUT2D eigenvalue weighted by Gasteiger charge is -2.24. The Balaban J connectivity index is 2.27. The molecular weight excluding hydrogens is 216 g/mol. The Morgan fingerprint density at radius 3 is 2.62 bits per heavy atom. The fraction of sp³-hybridized carbons (Fsp3) is 0.467. The van der Waals surface area contributed by atoms with E-state index in [1.807, 2.05) is 0 Å². The topological polar surface area (TPSA) is 0 Å². The van der Waals surface area contributed by atoms with Crippen molar-refractivity contribution in [3.8, 4) is 0 Å². The first-order valence-electron chi connectivity index (χ1n) is 6.12. The summed E-state index contributed by atoms with van der Waals surface area (Å²) in [6, 6.07) is 8.85. The Kier molecular flexibility index (Phi) is 3.70. The number of allylic oxidation sites excluding steroid dienone is 2. The van der Waals surface area contributed by atoms with Crippen LogP contribution in [0.3, 0.4) is 0 Å². The van der Waals surface area contributed by atoms with Crippen LogP contribution in [0.5, 0.6) is 0 Å². The van der Waals surface area contributed by atoms with Gasteiger partial charge >= 0.3 is 0 Å². The van der Waals surface area contributed by atoms with E-state index in [9.17, 15) is 0 Å². The molecule has 0 radical (unpaired) electrons. The number of hydrogen-bond donors (Lipinski definition) is 0. The second-order valence-electron chi connectivity index (χ2n) is 4.91. The Bertz CT molecular complexity index is 390. The zero-order chi connectivity index (χ0) is 11.5. The van der Waals surface area contributed by atoms with Crippen molar-refractivity contribution in [2.75, 3.05) is 0 Å². The second kappa shape index (κ2) is 5.05. The van der Waals surface area contributed by atoms with Gasteiger partial charge in [-0.05, 0) is 42.2 Å². The molecule has 0 heterocycles. The zero-order valence-electron chi connectivity index (χ0n) is 10.0. The van der Waals surface area contributed by atoms with Crippen molar-refractivity contribution >= 4 is 11.6 Å². The molecule has 16 heavy (non-hydrogen) atoms. The summed E-state index contributed by atoms with van der Waals surface area (Å²) in [5.41, 5.74) is 3.02. The third-order valence-corrected chi connectivity index (χ3v) is 3.76. The van der Waals surface area contributed by atoms with Gasteiger partial charge in [-0.2, -0.15) is 0 Å². The average Bonchev–Trinajstić information content (AvgIpc) is 2.30. The van der Waals surface area contributed by atoms with Crippen molar-refractivity contribution in [1.82, 2.24) is 0 Å². The van der Waals surface area contributed by atoms with E-state index in [-0.39, 0.29) is 0 Å². The summed E-state index contributed by atoms with van der Waals surface area (Å²) < 4.78 is 0. The molecular formula is C15H19Cl. The van der Waals surface area contributed by atoms with Gasteiger partial charge in [0.05, 0.1) is 0 Å². The van der Waals surface area contributed by atoms with Gasteiger partial charge in [-0.1, -0.05) is 55.8 Å². The fourth-order valence-corrected chi connectivity index (χ4v) is 2.69. The lowest BCUT2D eigenvalue weighted by Crippen LogP contribution is -2.06.